The Balaban J connectivity index is 2.59. The van der Waals surface area contributed by atoms with Gasteiger partial charge in [0.15, 0.2) is 0 Å². The third kappa shape index (κ3) is 4.00. The molecule has 1 aromatic carbocycles. The summed E-state index contributed by atoms with van der Waals surface area (Å²) in [6.07, 6.45) is 0.806. The molecule has 0 saturated carbocycles. The maximum atomic E-state index is 13.4. The smallest absolute Gasteiger partial charge is 0.126 e. The SMILES string of the molecule is CCNCC(C)Cc1cc(C)ccc1F. The maximum Gasteiger partial charge on any atom is 0.126 e. The summed E-state index contributed by atoms with van der Waals surface area (Å²) in [6, 6.07) is 5.32. The van der Waals surface area contributed by atoms with Crippen LogP contribution < -0.4 is 5.32 Å². The molecular weight excluding hydrogens is 189 g/mol. The number of benzene rings is 1. The standard InChI is InChI=1S/C13H20FN/c1-4-15-9-11(3)8-12-7-10(2)5-6-13(12)14/h5-7,11,15H,4,8-9H2,1-3H3. The Bertz CT molecular complexity index is 309. The number of hydrogen-bond donors (Lipinski definition) is 1. The third-order valence-electron chi connectivity index (χ3n) is 2.51. The van der Waals surface area contributed by atoms with Crippen LogP contribution in [0.4, 0.5) is 4.39 Å². The Morgan fingerprint density at radius 2 is 2.13 bits per heavy atom. The van der Waals surface area contributed by atoms with Gasteiger partial charge in [0, 0.05) is 0 Å². The normalized spacial score (nSPS) is 12.8. The highest BCUT2D eigenvalue weighted by Crippen LogP contribution is 2.14. The summed E-state index contributed by atoms with van der Waals surface area (Å²) in [7, 11) is 0. The number of hydrogen-bond acceptors (Lipinski definition) is 1. The monoisotopic (exact) mass is 209 g/mol. The number of rotatable bonds is 5. The van der Waals surface area contributed by atoms with Gasteiger partial charge in [-0.1, -0.05) is 31.5 Å². The zero-order valence-corrected chi connectivity index (χ0v) is 9.81. The van der Waals surface area contributed by atoms with Gasteiger partial charge in [0.25, 0.3) is 0 Å². The van der Waals surface area contributed by atoms with Crippen molar-refractivity contribution in [3.63, 3.8) is 0 Å². The molecule has 1 rings (SSSR count). The van der Waals surface area contributed by atoms with Crippen LogP contribution in [0.15, 0.2) is 18.2 Å². The molecular formula is C13H20FN. The zero-order valence-electron chi connectivity index (χ0n) is 9.81. The Morgan fingerprint density at radius 1 is 1.40 bits per heavy atom. The molecule has 0 fully saturated rings. The minimum Gasteiger partial charge on any atom is -0.317 e. The fraction of sp³-hybridized carbons (Fsp3) is 0.538. The molecule has 0 bridgehead atoms. The summed E-state index contributed by atoms with van der Waals surface area (Å²) in [5.74, 6) is 0.394. The summed E-state index contributed by atoms with van der Waals surface area (Å²) < 4.78 is 13.4. The molecule has 0 heterocycles. The van der Waals surface area contributed by atoms with Crippen LogP contribution in [0.1, 0.15) is 25.0 Å². The quantitative estimate of drug-likeness (QED) is 0.786. The van der Waals surface area contributed by atoms with Crippen molar-refractivity contribution in [1.29, 1.82) is 0 Å². The Kier molecular flexibility index (Phi) is 4.76. The van der Waals surface area contributed by atoms with Gasteiger partial charge in [0.2, 0.25) is 0 Å². The lowest BCUT2D eigenvalue weighted by atomic mass is 9.99. The first kappa shape index (κ1) is 12.2. The van der Waals surface area contributed by atoms with Gasteiger partial charge in [-0.3, -0.25) is 0 Å². The van der Waals surface area contributed by atoms with Crippen molar-refractivity contribution in [2.45, 2.75) is 27.2 Å². The van der Waals surface area contributed by atoms with Gasteiger partial charge < -0.3 is 5.32 Å². The van der Waals surface area contributed by atoms with E-state index < -0.39 is 0 Å². The van der Waals surface area contributed by atoms with Crippen molar-refractivity contribution in [3.05, 3.63) is 35.1 Å². The topological polar surface area (TPSA) is 12.0 Å². The predicted molar refractivity (Wildman–Crippen MR) is 62.5 cm³/mol. The molecule has 1 atom stereocenters. The molecule has 0 aromatic heterocycles. The Labute approximate surface area is 91.7 Å². The van der Waals surface area contributed by atoms with E-state index in [4.69, 9.17) is 0 Å². The largest absolute Gasteiger partial charge is 0.317 e. The first-order valence-electron chi connectivity index (χ1n) is 5.59. The average molecular weight is 209 g/mol. The van der Waals surface area contributed by atoms with Gasteiger partial charge in [-0.15, -0.1) is 0 Å². The van der Waals surface area contributed by atoms with E-state index in [-0.39, 0.29) is 5.82 Å². The fourth-order valence-corrected chi connectivity index (χ4v) is 1.70. The first-order valence-corrected chi connectivity index (χ1v) is 5.59. The van der Waals surface area contributed by atoms with Gasteiger partial charge in [-0.25, -0.2) is 4.39 Å². The van der Waals surface area contributed by atoms with Crippen LogP contribution >= 0.6 is 0 Å². The van der Waals surface area contributed by atoms with Gasteiger partial charge in [0.1, 0.15) is 5.82 Å². The van der Waals surface area contributed by atoms with Crippen LogP contribution in [0.5, 0.6) is 0 Å². The number of aryl methyl sites for hydroxylation is 1. The summed E-state index contributed by atoms with van der Waals surface area (Å²) >= 11 is 0. The molecule has 1 nitrogen and oxygen atoms in total. The van der Waals surface area contributed by atoms with Crippen LogP contribution in [-0.2, 0) is 6.42 Å². The second-order valence-corrected chi connectivity index (χ2v) is 4.21. The van der Waals surface area contributed by atoms with E-state index in [1.54, 1.807) is 6.07 Å². The van der Waals surface area contributed by atoms with Gasteiger partial charge >= 0.3 is 0 Å². The van der Waals surface area contributed by atoms with Crippen molar-refractivity contribution in [2.75, 3.05) is 13.1 Å². The summed E-state index contributed by atoms with van der Waals surface area (Å²) in [5, 5.41) is 3.28. The third-order valence-corrected chi connectivity index (χ3v) is 2.51. The molecule has 2 heteroatoms. The fourth-order valence-electron chi connectivity index (χ4n) is 1.70. The van der Waals surface area contributed by atoms with E-state index in [1.165, 1.54) is 0 Å². The first-order chi connectivity index (χ1) is 7.13. The predicted octanol–water partition coefficient (Wildman–Crippen LogP) is 2.92. The molecule has 1 aromatic rings. The molecule has 0 aliphatic carbocycles. The molecule has 0 saturated heterocycles. The van der Waals surface area contributed by atoms with Crippen LogP contribution in [0.25, 0.3) is 0 Å². The number of nitrogens with one attached hydrogen (secondary N) is 1. The second kappa shape index (κ2) is 5.86. The summed E-state index contributed by atoms with van der Waals surface area (Å²) in [6.45, 7) is 8.15. The van der Waals surface area contributed by atoms with E-state index in [0.717, 1.165) is 30.6 Å². The molecule has 0 aliphatic rings. The lowest BCUT2D eigenvalue weighted by Gasteiger charge is -2.12. The van der Waals surface area contributed by atoms with E-state index in [2.05, 4.69) is 19.2 Å². The van der Waals surface area contributed by atoms with Crippen LogP contribution in [0.3, 0.4) is 0 Å². The van der Waals surface area contributed by atoms with Gasteiger partial charge in [-0.2, -0.15) is 0 Å². The van der Waals surface area contributed by atoms with Crippen molar-refractivity contribution in [2.24, 2.45) is 5.92 Å². The van der Waals surface area contributed by atoms with Crippen LogP contribution in [-0.4, -0.2) is 13.1 Å². The second-order valence-electron chi connectivity index (χ2n) is 4.21. The highest BCUT2D eigenvalue weighted by molar-refractivity contribution is 5.24. The highest BCUT2D eigenvalue weighted by Gasteiger charge is 2.07. The maximum absolute atomic E-state index is 13.4. The average Bonchev–Trinajstić information content (AvgIpc) is 2.20. The Morgan fingerprint density at radius 3 is 2.80 bits per heavy atom. The van der Waals surface area contributed by atoms with E-state index in [1.807, 2.05) is 19.1 Å². The van der Waals surface area contributed by atoms with Crippen molar-refractivity contribution < 1.29 is 4.39 Å². The van der Waals surface area contributed by atoms with Crippen molar-refractivity contribution in [1.82, 2.24) is 5.32 Å². The van der Waals surface area contributed by atoms with Crippen molar-refractivity contribution >= 4 is 0 Å². The minimum atomic E-state index is -0.0797. The molecule has 1 unspecified atom stereocenters. The summed E-state index contributed by atoms with van der Waals surface area (Å²) in [5.41, 5.74) is 1.96. The molecule has 0 radical (unpaired) electrons. The lowest BCUT2D eigenvalue weighted by Crippen LogP contribution is -2.22. The van der Waals surface area contributed by atoms with E-state index in [0.29, 0.717) is 5.92 Å². The van der Waals surface area contributed by atoms with Gasteiger partial charge in [0.05, 0.1) is 0 Å². The Hall–Kier alpha value is -0.890. The van der Waals surface area contributed by atoms with Crippen molar-refractivity contribution in [3.8, 4) is 0 Å². The molecule has 15 heavy (non-hydrogen) atoms. The molecule has 84 valence electrons. The highest BCUT2D eigenvalue weighted by atomic mass is 19.1. The minimum absolute atomic E-state index is 0.0797. The molecule has 0 aliphatic heterocycles. The van der Waals surface area contributed by atoms with E-state index in [9.17, 15) is 4.39 Å². The van der Waals surface area contributed by atoms with E-state index >= 15 is 0 Å². The van der Waals surface area contributed by atoms with Crippen LogP contribution in [0, 0.1) is 18.7 Å². The molecule has 1 N–H and O–H groups in total. The molecule has 0 amide bonds. The number of halogens is 1. The van der Waals surface area contributed by atoms with Crippen LogP contribution in [0.2, 0.25) is 0 Å². The lowest BCUT2D eigenvalue weighted by molar-refractivity contribution is 0.505. The zero-order chi connectivity index (χ0) is 11.3. The molecule has 0 spiro atoms. The van der Waals surface area contributed by atoms with Gasteiger partial charge in [-0.05, 0) is 44.0 Å². The summed E-state index contributed by atoms with van der Waals surface area (Å²) in [4.78, 5) is 0.